The van der Waals surface area contributed by atoms with E-state index in [0.29, 0.717) is 31.2 Å². The molecule has 0 aliphatic heterocycles. The number of hydrogen-bond acceptors (Lipinski definition) is 2. The third-order valence-corrected chi connectivity index (χ3v) is 4.73. The molecular weight excluding hydrogens is 256 g/mol. The molecule has 0 spiro atoms. The van der Waals surface area contributed by atoms with Crippen molar-refractivity contribution in [1.29, 1.82) is 0 Å². The minimum atomic E-state index is -1.05. The summed E-state index contributed by atoms with van der Waals surface area (Å²) >= 11 is 0. The number of carbonyl (C=O) groups is 2. The Balaban J connectivity index is 1.99. The Labute approximate surface area is 120 Å². The smallest absolute Gasteiger partial charge is 0.329 e. The summed E-state index contributed by atoms with van der Waals surface area (Å²) in [7, 11) is 0. The monoisotopic (exact) mass is 282 g/mol. The molecule has 0 bridgehead atoms. The highest BCUT2D eigenvalue weighted by molar-refractivity contribution is 5.86. The normalized spacial score (nSPS) is 29.8. The number of rotatable bonds is 5. The molecule has 0 atom stereocenters. The fourth-order valence-corrected chi connectivity index (χ4v) is 2.90. The Morgan fingerprint density at radius 3 is 2.30 bits per heavy atom. The minimum Gasteiger partial charge on any atom is -0.480 e. The highest BCUT2D eigenvalue weighted by atomic mass is 16.4. The number of aliphatic carboxylic acids is 1. The summed E-state index contributed by atoms with van der Waals surface area (Å²) in [5, 5.41) is 12.4. The summed E-state index contributed by atoms with van der Waals surface area (Å²) in [6, 6.07) is -0.212. The first-order valence-corrected chi connectivity index (χ1v) is 7.77. The molecule has 0 aromatic heterocycles. The molecule has 2 aliphatic carbocycles. The summed E-state index contributed by atoms with van der Waals surface area (Å²) in [4.78, 5) is 25.7. The van der Waals surface area contributed by atoms with Gasteiger partial charge in [0, 0.05) is 13.1 Å². The van der Waals surface area contributed by atoms with Crippen molar-refractivity contribution in [2.24, 2.45) is 11.8 Å². The van der Waals surface area contributed by atoms with E-state index in [2.05, 4.69) is 12.2 Å². The first-order chi connectivity index (χ1) is 9.47. The third-order valence-electron chi connectivity index (χ3n) is 4.73. The van der Waals surface area contributed by atoms with Gasteiger partial charge in [0.2, 0.25) is 0 Å². The predicted octanol–water partition coefficient (Wildman–Crippen LogP) is 2.46. The van der Waals surface area contributed by atoms with Gasteiger partial charge in [0.25, 0.3) is 0 Å². The van der Waals surface area contributed by atoms with Crippen LogP contribution in [0.1, 0.15) is 52.4 Å². The molecule has 0 aromatic carbocycles. The second-order valence-electron chi connectivity index (χ2n) is 6.48. The van der Waals surface area contributed by atoms with E-state index in [1.165, 1.54) is 12.8 Å². The molecule has 114 valence electrons. The molecule has 0 radical (unpaired) electrons. The van der Waals surface area contributed by atoms with Crippen molar-refractivity contribution < 1.29 is 14.7 Å². The van der Waals surface area contributed by atoms with E-state index in [1.54, 1.807) is 4.90 Å². The van der Waals surface area contributed by atoms with Gasteiger partial charge in [-0.1, -0.05) is 6.92 Å². The van der Waals surface area contributed by atoms with E-state index in [1.807, 2.05) is 6.92 Å². The number of amides is 2. The molecule has 2 aliphatic rings. The van der Waals surface area contributed by atoms with Crippen molar-refractivity contribution in [2.45, 2.75) is 57.9 Å². The van der Waals surface area contributed by atoms with E-state index >= 15 is 0 Å². The van der Waals surface area contributed by atoms with Crippen LogP contribution in [0.2, 0.25) is 0 Å². The molecular formula is C15H26N2O3. The number of hydrogen-bond donors (Lipinski definition) is 2. The maximum Gasteiger partial charge on any atom is 0.329 e. The zero-order chi connectivity index (χ0) is 14.8. The summed E-state index contributed by atoms with van der Waals surface area (Å²) in [5.41, 5.74) is -1.05. The van der Waals surface area contributed by atoms with Crippen LogP contribution in [0.3, 0.4) is 0 Å². The van der Waals surface area contributed by atoms with Crippen LogP contribution in [0.25, 0.3) is 0 Å². The second kappa shape index (κ2) is 6.02. The van der Waals surface area contributed by atoms with Crippen LogP contribution in [-0.4, -0.2) is 40.6 Å². The van der Waals surface area contributed by atoms with Crippen LogP contribution in [0, 0.1) is 11.8 Å². The van der Waals surface area contributed by atoms with Gasteiger partial charge in [-0.25, -0.2) is 9.59 Å². The quantitative estimate of drug-likeness (QED) is 0.813. The van der Waals surface area contributed by atoms with Crippen LogP contribution in [-0.2, 0) is 4.79 Å². The van der Waals surface area contributed by atoms with Crippen molar-refractivity contribution in [3.63, 3.8) is 0 Å². The standard InChI is InChI=1S/C15H26N2O3/c1-3-17(10-12-4-5-12)14(20)16-15(13(18)19)8-6-11(2)7-9-15/h11-12H,3-10H2,1-2H3,(H,16,20)(H,18,19). The van der Waals surface area contributed by atoms with E-state index in [0.717, 1.165) is 19.4 Å². The largest absolute Gasteiger partial charge is 0.480 e. The first-order valence-electron chi connectivity index (χ1n) is 7.77. The van der Waals surface area contributed by atoms with Crippen molar-refractivity contribution in [2.75, 3.05) is 13.1 Å². The number of carboxylic acids is 1. The zero-order valence-electron chi connectivity index (χ0n) is 12.5. The molecule has 2 saturated carbocycles. The Morgan fingerprint density at radius 1 is 1.25 bits per heavy atom. The summed E-state index contributed by atoms with van der Waals surface area (Å²) in [6.45, 7) is 5.47. The first kappa shape index (κ1) is 15.1. The predicted molar refractivity (Wildman–Crippen MR) is 76.5 cm³/mol. The van der Waals surface area contributed by atoms with Crippen molar-refractivity contribution in [1.82, 2.24) is 10.2 Å². The average Bonchev–Trinajstić information content (AvgIpc) is 3.22. The van der Waals surface area contributed by atoms with Gasteiger partial charge >= 0.3 is 12.0 Å². The highest BCUT2D eigenvalue weighted by Gasteiger charge is 2.43. The Kier molecular flexibility index (Phi) is 4.55. The zero-order valence-corrected chi connectivity index (χ0v) is 12.5. The third kappa shape index (κ3) is 3.44. The van der Waals surface area contributed by atoms with Crippen LogP contribution in [0.5, 0.6) is 0 Å². The lowest BCUT2D eigenvalue weighted by Gasteiger charge is -2.38. The van der Waals surface area contributed by atoms with Gasteiger partial charge in [-0.15, -0.1) is 0 Å². The number of urea groups is 1. The second-order valence-corrected chi connectivity index (χ2v) is 6.48. The van der Waals surface area contributed by atoms with Gasteiger partial charge < -0.3 is 15.3 Å². The van der Waals surface area contributed by atoms with Gasteiger partial charge in [-0.3, -0.25) is 0 Å². The molecule has 0 saturated heterocycles. The molecule has 20 heavy (non-hydrogen) atoms. The summed E-state index contributed by atoms with van der Waals surface area (Å²) in [6.07, 6.45) is 5.17. The minimum absolute atomic E-state index is 0.212. The van der Waals surface area contributed by atoms with Gasteiger partial charge in [-0.05, 0) is 57.3 Å². The topological polar surface area (TPSA) is 69.6 Å². The Morgan fingerprint density at radius 2 is 1.85 bits per heavy atom. The SMILES string of the molecule is CCN(CC1CC1)C(=O)NC1(C(=O)O)CCC(C)CC1. The molecule has 2 amide bonds. The van der Waals surface area contributed by atoms with E-state index in [9.17, 15) is 14.7 Å². The van der Waals surface area contributed by atoms with Gasteiger partial charge in [0.1, 0.15) is 5.54 Å². The highest BCUT2D eigenvalue weighted by Crippen LogP contribution is 2.33. The lowest BCUT2D eigenvalue weighted by atomic mass is 9.77. The molecule has 0 unspecified atom stereocenters. The summed E-state index contributed by atoms with van der Waals surface area (Å²) < 4.78 is 0. The number of carbonyl (C=O) groups excluding carboxylic acids is 1. The molecule has 5 heteroatoms. The van der Waals surface area contributed by atoms with Gasteiger partial charge in [0.15, 0.2) is 0 Å². The Hall–Kier alpha value is -1.26. The number of nitrogens with zero attached hydrogens (tertiary/aromatic N) is 1. The maximum atomic E-state index is 12.3. The lowest BCUT2D eigenvalue weighted by Crippen LogP contribution is -2.59. The van der Waals surface area contributed by atoms with Crippen LogP contribution in [0.4, 0.5) is 4.79 Å². The van der Waals surface area contributed by atoms with Gasteiger partial charge in [0.05, 0.1) is 0 Å². The van der Waals surface area contributed by atoms with Crippen LogP contribution in [0.15, 0.2) is 0 Å². The van der Waals surface area contributed by atoms with E-state index < -0.39 is 11.5 Å². The summed E-state index contributed by atoms with van der Waals surface area (Å²) in [5.74, 6) is 0.279. The van der Waals surface area contributed by atoms with Crippen molar-refractivity contribution >= 4 is 12.0 Å². The molecule has 2 rings (SSSR count). The molecule has 2 N–H and O–H groups in total. The molecule has 0 heterocycles. The Bertz CT molecular complexity index is 371. The van der Waals surface area contributed by atoms with Crippen molar-refractivity contribution in [3.05, 3.63) is 0 Å². The molecule has 2 fully saturated rings. The van der Waals surface area contributed by atoms with E-state index in [4.69, 9.17) is 0 Å². The van der Waals surface area contributed by atoms with Crippen LogP contribution < -0.4 is 5.32 Å². The van der Waals surface area contributed by atoms with Crippen molar-refractivity contribution in [3.8, 4) is 0 Å². The lowest BCUT2D eigenvalue weighted by molar-refractivity contribution is -0.146. The number of nitrogens with one attached hydrogen (secondary N) is 1. The van der Waals surface area contributed by atoms with Crippen LogP contribution >= 0.6 is 0 Å². The number of carboxylic acid groups (broad SMARTS) is 1. The average molecular weight is 282 g/mol. The van der Waals surface area contributed by atoms with E-state index in [-0.39, 0.29) is 6.03 Å². The fraction of sp³-hybridized carbons (Fsp3) is 0.867. The fourth-order valence-electron chi connectivity index (χ4n) is 2.90. The van der Waals surface area contributed by atoms with Gasteiger partial charge in [-0.2, -0.15) is 0 Å². The maximum absolute atomic E-state index is 12.3. The molecule has 5 nitrogen and oxygen atoms in total. The molecule has 0 aromatic rings.